The summed E-state index contributed by atoms with van der Waals surface area (Å²) in [6.07, 6.45) is 2.84. The lowest BCUT2D eigenvalue weighted by molar-refractivity contribution is -0.169. The van der Waals surface area contributed by atoms with Gasteiger partial charge in [-0.25, -0.2) is 9.59 Å². The molecule has 0 bridgehead atoms. The molecular formula is C13H18N2O4. The number of aromatic nitrogens is 1. The van der Waals surface area contributed by atoms with Gasteiger partial charge in [0.15, 0.2) is 0 Å². The smallest absolute Gasteiger partial charge is 0.338 e. The average molecular weight is 266 g/mol. The molecule has 0 saturated heterocycles. The summed E-state index contributed by atoms with van der Waals surface area (Å²) < 4.78 is 5.07. The third-order valence-electron chi connectivity index (χ3n) is 2.35. The number of esters is 1. The maximum absolute atomic E-state index is 12.0. The molecule has 1 atom stereocenters. The van der Waals surface area contributed by atoms with E-state index in [2.05, 4.69) is 4.98 Å². The summed E-state index contributed by atoms with van der Waals surface area (Å²) in [6, 6.07) is 3.30. The van der Waals surface area contributed by atoms with E-state index in [1.54, 1.807) is 39.1 Å². The van der Waals surface area contributed by atoms with Crippen LogP contribution < -0.4 is 5.73 Å². The molecule has 0 saturated carbocycles. The molecule has 0 unspecified atom stereocenters. The third-order valence-corrected chi connectivity index (χ3v) is 2.35. The lowest BCUT2D eigenvalue weighted by Crippen LogP contribution is -2.58. The molecule has 19 heavy (non-hydrogen) atoms. The highest BCUT2D eigenvalue weighted by molar-refractivity contribution is 6.04. The summed E-state index contributed by atoms with van der Waals surface area (Å²) in [4.78, 5) is 27.1. The summed E-state index contributed by atoms with van der Waals surface area (Å²) in [6.45, 7) is 4.95. The van der Waals surface area contributed by atoms with Gasteiger partial charge in [0.25, 0.3) is 0 Å². The highest BCUT2D eigenvalue weighted by Crippen LogP contribution is 2.17. The van der Waals surface area contributed by atoms with Gasteiger partial charge in [-0.1, -0.05) is 6.07 Å². The van der Waals surface area contributed by atoms with Crippen LogP contribution in [-0.2, 0) is 20.7 Å². The second kappa shape index (κ2) is 5.36. The summed E-state index contributed by atoms with van der Waals surface area (Å²) in [5, 5.41) is 9.21. The van der Waals surface area contributed by atoms with Crippen LogP contribution in [0.1, 0.15) is 26.3 Å². The fraction of sp³-hybridized carbons (Fsp3) is 0.462. The first-order chi connectivity index (χ1) is 8.65. The van der Waals surface area contributed by atoms with Gasteiger partial charge in [-0.3, -0.25) is 4.98 Å². The first kappa shape index (κ1) is 15.1. The number of hydrogen-bond donors (Lipinski definition) is 2. The molecule has 0 aliphatic carbocycles. The maximum atomic E-state index is 12.0. The van der Waals surface area contributed by atoms with Gasteiger partial charge < -0.3 is 15.6 Å². The van der Waals surface area contributed by atoms with Crippen LogP contribution in [0.5, 0.6) is 0 Å². The molecule has 6 heteroatoms. The Morgan fingerprint density at radius 2 is 2.05 bits per heavy atom. The number of carboxylic acids is 1. The number of nitrogens with two attached hydrogens (primary N) is 1. The second-order valence-corrected chi connectivity index (χ2v) is 5.32. The van der Waals surface area contributed by atoms with Crippen molar-refractivity contribution in [1.29, 1.82) is 0 Å². The molecular weight excluding hydrogens is 248 g/mol. The van der Waals surface area contributed by atoms with Gasteiger partial charge >= 0.3 is 11.9 Å². The molecule has 1 aromatic heterocycles. The predicted octanol–water partition coefficient (Wildman–Crippen LogP) is 0.748. The molecule has 1 heterocycles. The number of pyridine rings is 1. The predicted molar refractivity (Wildman–Crippen MR) is 68.3 cm³/mol. The molecule has 104 valence electrons. The van der Waals surface area contributed by atoms with Crippen molar-refractivity contribution in [2.45, 2.75) is 38.3 Å². The van der Waals surface area contributed by atoms with Crippen LogP contribution in [0.3, 0.4) is 0 Å². The van der Waals surface area contributed by atoms with E-state index in [1.165, 1.54) is 6.20 Å². The molecule has 6 nitrogen and oxygen atoms in total. The van der Waals surface area contributed by atoms with Crippen LogP contribution in [0, 0.1) is 0 Å². The molecule has 1 rings (SSSR count). The minimum Gasteiger partial charge on any atom is -0.479 e. The minimum atomic E-state index is -2.11. The molecule has 0 aromatic carbocycles. The van der Waals surface area contributed by atoms with E-state index >= 15 is 0 Å². The van der Waals surface area contributed by atoms with Crippen molar-refractivity contribution in [2.75, 3.05) is 0 Å². The first-order valence-electron chi connectivity index (χ1n) is 5.80. The Labute approximate surface area is 111 Å². The van der Waals surface area contributed by atoms with Crippen LogP contribution in [-0.4, -0.2) is 33.2 Å². The molecule has 3 N–H and O–H groups in total. The summed E-state index contributed by atoms with van der Waals surface area (Å²) >= 11 is 0. The number of hydrogen-bond acceptors (Lipinski definition) is 5. The van der Waals surface area contributed by atoms with E-state index in [9.17, 15) is 14.7 Å². The van der Waals surface area contributed by atoms with Gasteiger partial charge in [0.05, 0.1) is 0 Å². The molecule has 0 radical (unpaired) electrons. The van der Waals surface area contributed by atoms with E-state index < -0.39 is 23.1 Å². The summed E-state index contributed by atoms with van der Waals surface area (Å²) in [5.41, 5.74) is 3.36. The van der Waals surface area contributed by atoms with Crippen LogP contribution >= 0.6 is 0 Å². The number of aliphatic carboxylic acids is 1. The largest absolute Gasteiger partial charge is 0.479 e. The Kier molecular flexibility index (Phi) is 4.26. The van der Waals surface area contributed by atoms with E-state index in [4.69, 9.17) is 10.5 Å². The van der Waals surface area contributed by atoms with Crippen molar-refractivity contribution >= 4 is 11.9 Å². The van der Waals surface area contributed by atoms with Gasteiger partial charge in [-0.2, -0.15) is 0 Å². The lowest BCUT2D eigenvalue weighted by Gasteiger charge is -2.28. The Bertz CT molecular complexity index is 467. The molecule has 0 fully saturated rings. The standard InChI is InChI=1S/C13H18N2O4/c1-12(2,3)19-11(18)13(14,10(16)17)7-9-5-4-6-15-8-9/h4-6,8H,7,14H2,1-3H3,(H,16,17)/t13-/m0/s1. The van der Waals surface area contributed by atoms with Gasteiger partial charge in [0.1, 0.15) is 5.60 Å². The molecule has 0 amide bonds. The molecule has 1 aromatic rings. The summed E-state index contributed by atoms with van der Waals surface area (Å²) in [7, 11) is 0. The van der Waals surface area contributed by atoms with Crippen molar-refractivity contribution < 1.29 is 19.4 Å². The fourth-order valence-electron chi connectivity index (χ4n) is 1.43. The quantitative estimate of drug-likeness (QED) is 0.615. The minimum absolute atomic E-state index is 0.176. The highest BCUT2D eigenvalue weighted by Gasteiger charge is 2.45. The van der Waals surface area contributed by atoms with Crippen LogP contribution in [0.2, 0.25) is 0 Å². The topological polar surface area (TPSA) is 103 Å². The first-order valence-corrected chi connectivity index (χ1v) is 5.80. The number of rotatable bonds is 4. The number of carboxylic acid groups (broad SMARTS) is 1. The van der Waals surface area contributed by atoms with Gasteiger partial charge in [-0.05, 0) is 32.4 Å². The Hall–Kier alpha value is -1.95. The van der Waals surface area contributed by atoms with E-state index in [-0.39, 0.29) is 6.42 Å². The van der Waals surface area contributed by atoms with Crippen LogP contribution in [0.4, 0.5) is 0 Å². The molecule has 0 aliphatic heterocycles. The SMILES string of the molecule is CC(C)(C)OC(=O)[C@](N)(Cc1cccnc1)C(=O)O. The van der Waals surface area contributed by atoms with E-state index in [1.807, 2.05) is 0 Å². The van der Waals surface area contributed by atoms with Crippen LogP contribution in [0.25, 0.3) is 0 Å². The van der Waals surface area contributed by atoms with Gasteiger partial charge in [0.2, 0.25) is 5.54 Å². The zero-order chi connectivity index (χ0) is 14.7. The Morgan fingerprint density at radius 3 is 2.47 bits per heavy atom. The second-order valence-electron chi connectivity index (χ2n) is 5.32. The number of nitrogens with zero attached hydrogens (tertiary/aromatic N) is 1. The highest BCUT2D eigenvalue weighted by atomic mass is 16.6. The maximum Gasteiger partial charge on any atom is 0.338 e. The van der Waals surface area contributed by atoms with Crippen LogP contribution in [0.15, 0.2) is 24.5 Å². The Balaban J connectivity index is 2.98. The van der Waals surface area contributed by atoms with Gasteiger partial charge in [0, 0.05) is 18.8 Å². The van der Waals surface area contributed by atoms with Gasteiger partial charge in [-0.15, -0.1) is 0 Å². The lowest BCUT2D eigenvalue weighted by atomic mass is 9.92. The number of carbonyl (C=O) groups excluding carboxylic acids is 1. The number of ether oxygens (including phenoxy) is 1. The fourth-order valence-corrected chi connectivity index (χ4v) is 1.43. The number of carbonyl (C=O) groups is 2. The van der Waals surface area contributed by atoms with Crippen molar-refractivity contribution in [3.63, 3.8) is 0 Å². The summed E-state index contributed by atoms with van der Waals surface area (Å²) in [5.74, 6) is -2.39. The molecule has 0 aliphatic rings. The van der Waals surface area contributed by atoms with Crippen molar-refractivity contribution in [1.82, 2.24) is 4.98 Å². The van der Waals surface area contributed by atoms with Crippen molar-refractivity contribution in [3.05, 3.63) is 30.1 Å². The van der Waals surface area contributed by atoms with Crippen molar-refractivity contribution in [3.8, 4) is 0 Å². The normalized spacial score (nSPS) is 14.5. The average Bonchev–Trinajstić information content (AvgIpc) is 2.27. The monoisotopic (exact) mass is 266 g/mol. The molecule has 0 spiro atoms. The van der Waals surface area contributed by atoms with E-state index in [0.29, 0.717) is 5.56 Å². The van der Waals surface area contributed by atoms with Crippen molar-refractivity contribution in [2.24, 2.45) is 5.73 Å². The third kappa shape index (κ3) is 4.03. The zero-order valence-corrected chi connectivity index (χ0v) is 11.2. The zero-order valence-electron chi connectivity index (χ0n) is 11.2. The Morgan fingerprint density at radius 1 is 1.42 bits per heavy atom. The van der Waals surface area contributed by atoms with E-state index in [0.717, 1.165) is 0 Å².